The molecule has 2 aromatic heterocycles. The number of hydrogen-bond acceptors (Lipinski definition) is 6. The minimum atomic E-state index is -0.0518. The van der Waals surface area contributed by atoms with Gasteiger partial charge in [0.1, 0.15) is 0 Å². The molecule has 1 aliphatic carbocycles. The number of rotatable bonds is 6. The Balaban J connectivity index is 1.18. The van der Waals surface area contributed by atoms with Gasteiger partial charge < -0.3 is 19.9 Å². The van der Waals surface area contributed by atoms with Gasteiger partial charge in [-0.3, -0.25) is 4.68 Å². The van der Waals surface area contributed by atoms with Crippen molar-refractivity contribution in [2.45, 2.75) is 50.2 Å². The van der Waals surface area contributed by atoms with Crippen molar-refractivity contribution in [3.05, 3.63) is 48.3 Å². The summed E-state index contributed by atoms with van der Waals surface area (Å²) in [6, 6.07) is 10.7. The van der Waals surface area contributed by atoms with Crippen LogP contribution in [0.25, 0.3) is 10.9 Å². The van der Waals surface area contributed by atoms with E-state index in [9.17, 15) is 4.79 Å². The van der Waals surface area contributed by atoms with Gasteiger partial charge in [-0.1, -0.05) is 6.07 Å². The highest BCUT2D eigenvalue weighted by Crippen LogP contribution is 2.35. The van der Waals surface area contributed by atoms with Crippen molar-refractivity contribution in [1.82, 2.24) is 30.2 Å². The first-order chi connectivity index (χ1) is 17.5. The smallest absolute Gasteiger partial charge is 0.317 e. The van der Waals surface area contributed by atoms with Gasteiger partial charge in [-0.15, -0.1) is 5.10 Å². The summed E-state index contributed by atoms with van der Waals surface area (Å²) in [5.74, 6) is 1.64. The van der Waals surface area contributed by atoms with Crippen molar-refractivity contribution in [2.75, 3.05) is 38.7 Å². The van der Waals surface area contributed by atoms with Crippen LogP contribution in [-0.4, -0.2) is 76.8 Å². The third-order valence-corrected chi connectivity index (χ3v) is 7.79. The Kier molecular flexibility index (Phi) is 7.36. The number of carbonyl (C=O) groups is 1. The van der Waals surface area contributed by atoms with Crippen molar-refractivity contribution in [2.24, 2.45) is 13.0 Å². The molecule has 0 bridgehead atoms. The minimum absolute atomic E-state index is 0.0518. The Morgan fingerprint density at radius 1 is 1.17 bits per heavy atom. The molecule has 5 rings (SSSR count). The van der Waals surface area contributed by atoms with E-state index in [2.05, 4.69) is 43.7 Å². The summed E-state index contributed by atoms with van der Waals surface area (Å²) in [5.41, 5.74) is 2.59. The average molecular weight is 492 g/mol. The van der Waals surface area contributed by atoms with Crippen molar-refractivity contribution in [3.8, 4) is 0 Å². The summed E-state index contributed by atoms with van der Waals surface area (Å²) >= 11 is 0. The van der Waals surface area contributed by atoms with Gasteiger partial charge in [-0.25, -0.2) is 4.79 Å². The predicted molar refractivity (Wildman–Crippen MR) is 140 cm³/mol. The fraction of sp³-hybridized carbons (Fsp3) is 0.556. The number of nitrogens with one attached hydrogen (secondary N) is 1. The monoisotopic (exact) mass is 491 g/mol. The van der Waals surface area contributed by atoms with Crippen LogP contribution in [-0.2, 0) is 11.8 Å². The van der Waals surface area contributed by atoms with E-state index < -0.39 is 0 Å². The number of anilines is 1. The maximum absolute atomic E-state index is 12.4. The molecular formula is C27H37N7O2. The Labute approximate surface area is 212 Å². The molecule has 1 aromatic carbocycles. The quantitative estimate of drug-likeness (QED) is 0.567. The average Bonchev–Trinajstić information content (AvgIpc) is 3.28. The van der Waals surface area contributed by atoms with Gasteiger partial charge >= 0.3 is 6.03 Å². The number of hydrogen-bond donors (Lipinski definition) is 1. The molecule has 192 valence electrons. The van der Waals surface area contributed by atoms with Crippen LogP contribution in [0.1, 0.15) is 43.6 Å². The molecule has 2 unspecified atom stereocenters. The lowest BCUT2D eigenvalue weighted by atomic mass is 9.82. The number of aryl methyl sites for hydroxylation is 1. The fourth-order valence-electron chi connectivity index (χ4n) is 5.61. The number of carbonyl (C=O) groups excluding carboxylic acids is 1. The number of nitrogens with zero attached hydrogens (tertiary/aromatic N) is 6. The lowest BCUT2D eigenvalue weighted by Gasteiger charge is -2.40. The second kappa shape index (κ2) is 10.8. The first kappa shape index (κ1) is 24.5. The fourth-order valence-corrected chi connectivity index (χ4v) is 5.61. The van der Waals surface area contributed by atoms with E-state index in [1.165, 1.54) is 16.5 Å². The molecular weight excluding hydrogens is 454 g/mol. The summed E-state index contributed by atoms with van der Waals surface area (Å²) < 4.78 is 8.42. The van der Waals surface area contributed by atoms with Crippen LogP contribution >= 0.6 is 0 Å². The largest absolute Gasteiger partial charge is 0.378 e. The van der Waals surface area contributed by atoms with E-state index in [0.717, 1.165) is 51.0 Å². The standard InChI is InChI=1S/C27H37N7O2/c1-32(2)27(35)30-24-12-14-34(26-5-4-13-28-31-26)17-22(24)18-36-23-9-6-19(7-10-23)20-8-11-25-21(15-20)16-29-33(25)3/h4-5,8,11,13,15-16,19,22-24H,6-7,9-10,12,14,17-18H2,1-3H3,(H,30,35). The Morgan fingerprint density at radius 3 is 2.75 bits per heavy atom. The first-order valence-corrected chi connectivity index (χ1v) is 13.0. The molecule has 1 saturated carbocycles. The van der Waals surface area contributed by atoms with Crippen LogP contribution < -0.4 is 10.2 Å². The number of fused-ring (bicyclic) bond motifs is 1. The maximum Gasteiger partial charge on any atom is 0.317 e. The van der Waals surface area contributed by atoms with Crippen molar-refractivity contribution >= 4 is 22.8 Å². The van der Waals surface area contributed by atoms with Crippen LogP contribution in [0.5, 0.6) is 0 Å². The Hall–Kier alpha value is -3.20. The molecule has 1 aliphatic heterocycles. The molecule has 9 heteroatoms. The van der Waals surface area contributed by atoms with Gasteiger partial charge in [0, 0.05) is 57.8 Å². The summed E-state index contributed by atoms with van der Waals surface area (Å²) in [4.78, 5) is 16.2. The zero-order valence-corrected chi connectivity index (χ0v) is 21.5. The van der Waals surface area contributed by atoms with Gasteiger partial charge in [0.05, 0.1) is 24.4 Å². The Morgan fingerprint density at radius 2 is 2.00 bits per heavy atom. The third-order valence-electron chi connectivity index (χ3n) is 7.79. The zero-order chi connectivity index (χ0) is 25.1. The number of urea groups is 1. The summed E-state index contributed by atoms with van der Waals surface area (Å²) in [6.45, 7) is 2.25. The lowest BCUT2D eigenvalue weighted by Crippen LogP contribution is -2.54. The second-order valence-electron chi connectivity index (χ2n) is 10.4. The topological polar surface area (TPSA) is 88.4 Å². The van der Waals surface area contributed by atoms with Crippen molar-refractivity contribution in [3.63, 3.8) is 0 Å². The molecule has 2 fully saturated rings. The SMILES string of the molecule is CN(C)C(=O)NC1CCN(c2cccnn2)CC1COC1CCC(c2ccc3c(cnn3C)c2)CC1. The molecule has 0 radical (unpaired) electrons. The third kappa shape index (κ3) is 5.46. The van der Waals surface area contributed by atoms with E-state index >= 15 is 0 Å². The van der Waals surface area contributed by atoms with Crippen LogP contribution in [0.2, 0.25) is 0 Å². The highest BCUT2D eigenvalue weighted by molar-refractivity contribution is 5.79. The summed E-state index contributed by atoms with van der Waals surface area (Å²) in [5, 5.41) is 17.1. The Bertz CT molecular complexity index is 1160. The summed E-state index contributed by atoms with van der Waals surface area (Å²) in [6.07, 6.45) is 9.15. The molecule has 2 aliphatic rings. The van der Waals surface area contributed by atoms with Crippen molar-refractivity contribution < 1.29 is 9.53 Å². The maximum atomic E-state index is 12.4. The molecule has 1 N–H and O–H groups in total. The van der Waals surface area contributed by atoms with Crippen LogP contribution in [0, 0.1) is 5.92 Å². The molecule has 9 nitrogen and oxygen atoms in total. The van der Waals surface area contributed by atoms with E-state index in [-0.39, 0.29) is 24.1 Å². The van der Waals surface area contributed by atoms with Crippen LogP contribution in [0.15, 0.2) is 42.7 Å². The zero-order valence-electron chi connectivity index (χ0n) is 21.5. The van der Waals surface area contributed by atoms with E-state index in [4.69, 9.17) is 4.74 Å². The van der Waals surface area contributed by atoms with Gasteiger partial charge in [0.25, 0.3) is 0 Å². The molecule has 2 atom stereocenters. The number of amides is 2. The normalized spacial score (nSPS) is 24.6. The van der Waals surface area contributed by atoms with Gasteiger partial charge in [0.2, 0.25) is 0 Å². The van der Waals surface area contributed by atoms with Gasteiger partial charge in [-0.05, 0) is 67.9 Å². The predicted octanol–water partition coefficient (Wildman–Crippen LogP) is 3.57. The van der Waals surface area contributed by atoms with E-state index in [1.807, 2.05) is 30.1 Å². The van der Waals surface area contributed by atoms with Crippen LogP contribution in [0.3, 0.4) is 0 Å². The molecule has 3 aromatic rings. The van der Waals surface area contributed by atoms with Gasteiger partial charge in [-0.2, -0.15) is 10.2 Å². The minimum Gasteiger partial charge on any atom is -0.378 e. The molecule has 36 heavy (non-hydrogen) atoms. The van der Waals surface area contributed by atoms with Crippen molar-refractivity contribution in [1.29, 1.82) is 0 Å². The second-order valence-corrected chi connectivity index (χ2v) is 10.4. The molecule has 2 amide bonds. The highest BCUT2D eigenvalue weighted by Gasteiger charge is 2.33. The number of aromatic nitrogens is 4. The number of benzene rings is 1. The lowest BCUT2D eigenvalue weighted by molar-refractivity contribution is -0.00315. The molecule has 3 heterocycles. The van der Waals surface area contributed by atoms with Crippen LogP contribution in [0.4, 0.5) is 10.6 Å². The molecule has 1 saturated heterocycles. The number of ether oxygens (including phenoxy) is 1. The summed E-state index contributed by atoms with van der Waals surface area (Å²) in [7, 11) is 5.54. The molecule has 0 spiro atoms. The van der Waals surface area contributed by atoms with E-state index in [1.54, 1.807) is 25.2 Å². The first-order valence-electron chi connectivity index (χ1n) is 13.0. The highest BCUT2D eigenvalue weighted by atomic mass is 16.5. The number of piperidine rings is 1. The van der Waals surface area contributed by atoms with E-state index in [0.29, 0.717) is 12.5 Å². The van der Waals surface area contributed by atoms with Gasteiger partial charge in [0.15, 0.2) is 5.82 Å².